The van der Waals surface area contributed by atoms with Crippen LogP contribution in [-0.4, -0.2) is 67.8 Å². The third kappa shape index (κ3) is 4.83. The van der Waals surface area contributed by atoms with Crippen molar-refractivity contribution < 1.29 is 0 Å². The Kier molecular flexibility index (Phi) is 6.91. The zero-order valence-electron chi connectivity index (χ0n) is 15.2. The van der Waals surface area contributed by atoms with Gasteiger partial charge in [-0.3, -0.25) is 9.89 Å². The zero-order valence-corrected chi connectivity index (χ0v) is 16.8. The third-order valence-electron chi connectivity index (χ3n) is 5.28. The van der Waals surface area contributed by atoms with E-state index in [1.807, 2.05) is 30.9 Å². The van der Waals surface area contributed by atoms with E-state index in [-0.39, 0.29) is 0 Å². The maximum Gasteiger partial charge on any atom is 0.193 e. The van der Waals surface area contributed by atoms with Gasteiger partial charge in [0.05, 0.1) is 0 Å². The Hall–Kier alpha value is -0.910. The van der Waals surface area contributed by atoms with Crippen molar-refractivity contribution in [2.45, 2.75) is 30.6 Å². The Morgan fingerprint density at radius 3 is 2.84 bits per heavy atom. The van der Waals surface area contributed by atoms with Gasteiger partial charge in [0.2, 0.25) is 0 Å². The predicted octanol–water partition coefficient (Wildman–Crippen LogP) is 3.49. The number of guanidine groups is 1. The lowest BCUT2D eigenvalue weighted by Gasteiger charge is -2.26. The van der Waals surface area contributed by atoms with Gasteiger partial charge in [-0.2, -0.15) is 11.8 Å². The van der Waals surface area contributed by atoms with Gasteiger partial charge in [0.25, 0.3) is 0 Å². The maximum absolute atomic E-state index is 6.15. The average molecular weight is 381 g/mol. The number of thioether (sulfide) groups is 1. The number of benzene rings is 1. The van der Waals surface area contributed by atoms with Gasteiger partial charge in [-0.05, 0) is 56.3 Å². The molecule has 4 nitrogen and oxygen atoms in total. The van der Waals surface area contributed by atoms with Gasteiger partial charge in [-0.25, -0.2) is 0 Å². The molecule has 2 atom stereocenters. The van der Waals surface area contributed by atoms with Crippen molar-refractivity contribution in [3.63, 3.8) is 0 Å². The molecule has 2 saturated heterocycles. The minimum absolute atomic E-state index is 0.368. The van der Waals surface area contributed by atoms with E-state index >= 15 is 0 Å². The van der Waals surface area contributed by atoms with Gasteiger partial charge in [0, 0.05) is 43.0 Å². The summed E-state index contributed by atoms with van der Waals surface area (Å²) in [4.78, 5) is 9.60. The highest BCUT2D eigenvalue weighted by atomic mass is 35.5. The molecule has 0 spiro atoms. The second-order valence-electron chi connectivity index (χ2n) is 6.84. The van der Waals surface area contributed by atoms with E-state index in [9.17, 15) is 0 Å². The van der Waals surface area contributed by atoms with Crippen LogP contribution in [0.4, 0.5) is 0 Å². The van der Waals surface area contributed by atoms with E-state index in [1.54, 1.807) is 0 Å². The highest BCUT2D eigenvalue weighted by molar-refractivity contribution is 7.98. The molecule has 0 radical (unpaired) electrons. The van der Waals surface area contributed by atoms with Crippen molar-refractivity contribution in [3.8, 4) is 0 Å². The molecule has 6 heteroatoms. The Morgan fingerprint density at radius 2 is 2.16 bits per heavy atom. The summed E-state index contributed by atoms with van der Waals surface area (Å²) in [6.45, 7) is 5.60. The number of likely N-dealkylation sites (tertiary alicyclic amines) is 2. The monoisotopic (exact) mass is 380 g/mol. The molecule has 2 aliphatic heterocycles. The molecule has 2 heterocycles. The highest BCUT2D eigenvalue weighted by Gasteiger charge is 2.30. The van der Waals surface area contributed by atoms with Crippen molar-refractivity contribution in [3.05, 3.63) is 34.9 Å². The first-order valence-corrected chi connectivity index (χ1v) is 10.9. The smallest absolute Gasteiger partial charge is 0.193 e. The molecular formula is C19H29ClN4S. The SMILES string of the molecule is CN=C(NCC(SC)c1cccc(Cl)c1)N1CCC(N2CCCC2)C1. The topological polar surface area (TPSA) is 30.9 Å². The molecule has 25 heavy (non-hydrogen) atoms. The first kappa shape index (κ1) is 18.9. The zero-order chi connectivity index (χ0) is 17.6. The van der Waals surface area contributed by atoms with E-state index in [0.717, 1.165) is 30.6 Å². The number of nitrogens with zero attached hydrogens (tertiary/aromatic N) is 3. The molecule has 2 fully saturated rings. The Bertz CT molecular complexity index is 589. The highest BCUT2D eigenvalue weighted by Crippen LogP contribution is 2.28. The normalized spacial score (nSPS) is 23.2. The van der Waals surface area contributed by atoms with Crippen molar-refractivity contribution in [2.24, 2.45) is 4.99 Å². The predicted molar refractivity (Wildman–Crippen MR) is 110 cm³/mol. The van der Waals surface area contributed by atoms with E-state index in [4.69, 9.17) is 11.6 Å². The molecule has 1 N–H and O–H groups in total. The number of aliphatic imine (C=N–C) groups is 1. The molecule has 2 unspecified atom stereocenters. The number of halogens is 1. The summed E-state index contributed by atoms with van der Waals surface area (Å²) >= 11 is 8.00. The van der Waals surface area contributed by atoms with Crippen molar-refractivity contribution >= 4 is 29.3 Å². The molecule has 0 aliphatic carbocycles. The van der Waals surface area contributed by atoms with Gasteiger partial charge in [-0.1, -0.05) is 23.7 Å². The molecule has 138 valence electrons. The maximum atomic E-state index is 6.15. The fourth-order valence-corrected chi connectivity index (χ4v) is 4.77. The van der Waals surface area contributed by atoms with Crippen LogP contribution in [0, 0.1) is 0 Å². The Balaban J connectivity index is 1.55. The summed E-state index contributed by atoms with van der Waals surface area (Å²) in [5, 5.41) is 4.75. The fraction of sp³-hybridized carbons (Fsp3) is 0.632. The number of hydrogen-bond donors (Lipinski definition) is 1. The van der Waals surface area contributed by atoms with Crippen LogP contribution in [0.3, 0.4) is 0 Å². The summed E-state index contributed by atoms with van der Waals surface area (Å²) < 4.78 is 0. The van der Waals surface area contributed by atoms with Crippen LogP contribution in [-0.2, 0) is 0 Å². The molecular weight excluding hydrogens is 352 g/mol. The van der Waals surface area contributed by atoms with Crippen LogP contribution in [0.1, 0.15) is 30.1 Å². The summed E-state index contributed by atoms with van der Waals surface area (Å²) in [6, 6.07) is 8.86. The molecule has 1 aromatic rings. The van der Waals surface area contributed by atoms with Crippen LogP contribution in [0.15, 0.2) is 29.3 Å². The van der Waals surface area contributed by atoms with Gasteiger partial charge in [0.1, 0.15) is 0 Å². The minimum Gasteiger partial charge on any atom is -0.355 e. The molecule has 0 bridgehead atoms. The first-order chi connectivity index (χ1) is 12.2. The molecule has 2 aliphatic rings. The van der Waals surface area contributed by atoms with Crippen molar-refractivity contribution in [2.75, 3.05) is 46.0 Å². The van der Waals surface area contributed by atoms with E-state index < -0.39 is 0 Å². The molecule has 1 aromatic carbocycles. The summed E-state index contributed by atoms with van der Waals surface area (Å²) in [7, 11) is 1.89. The Labute approximate surface area is 161 Å². The fourth-order valence-electron chi connectivity index (χ4n) is 3.90. The lowest BCUT2D eigenvalue weighted by atomic mass is 10.1. The van der Waals surface area contributed by atoms with Crippen LogP contribution >= 0.6 is 23.4 Å². The lowest BCUT2D eigenvalue weighted by molar-refractivity contribution is 0.249. The quantitative estimate of drug-likeness (QED) is 0.625. The average Bonchev–Trinajstić information content (AvgIpc) is 3.30. The van der Waals surface area contributed by atoms with Gasteiger partial charge < -0.3 is 10.2 Å². The van der Waals surface area contributed by atoms with Gasteiger partial charge in [0.15, 0.2) is 5.96 Å². The minimum atomic E-state index is 0.368. The summed E-state index contributed by atoms with van der Waals surface area (Å²) in [5.41, 5.74) is 1.26. The van der Waals surface area contributed by atoms with Crippen LogP contribution in [0.25, 0.3) is 0 Å². The molecule has 3 rings (SSSR count). The summed E-state index contributed by atoms with van der Waals surface area (Å²) in [5.74, 6) is 1.03. The van der Waals surface area contributed by atoms with Crippen LogP contribution in [0.5, 0.6) is 0 Å². The second kappa shape index (κ2) is 9.15. The third-order valence-corrected chi connectivity index (χ3v) is 6.53. The van der Waals surface area contributed by atoms with Crippen LogP contribution in [0.2, 0.25) is 5.02 Å². The Morgan fingerprint density at radius 1 is 1.36 bits per heavy atom. The van der Waals surface area contributed by atoms with E-state index in [0.29, 0.717) is 11.3 Å². The lowest BCUT2D eigenvalue weighted by Crippen LogP contribution is -2.43. The molecule has 0 saturated carbocycles. The van der Waals surface area contributed by atoms with Crippen LogP contribution < -0.4 is 5.32 Å². The molecule has 0 amide bonds. The number of hydrogen-bond acceptors (Lipinski definition) is 3. The number of rotatable bonds is 5. The van der Waals surface area contributed by atoms with Gasteiger partial charge >= 0.3 is 0 Å². The summed E-state index contributed by atoms with van der Waals surface area (Å²) in [6.07, 6.45) is 6.12. The first-order valence-electron chi connectivity index (χ1n) is 9.19. The van der Waals surface area contributed by atoms with E-state index in [1.165, 1.54) is 37.9 Å². The molecule has 0 aromatic heterocycles. The largest absolute Gasteiger partial charge is 0.355 e. The second-order valence-corrected chi connectivity index (χ2v) is 8.32. The number of nitrogens with one attached hydrogen (secondary N) is 1. The van der Waals surface area contributed by atoms with Crippen molar-refractivity contribution in [1.29, 1.82) is 0 Å². The van der Waals surface area contributed by atoms with E-state index in [2.05, 4.69) is 38.5 Å². The van der Waals surface area contributed by atoms with Gasteiger partial charge in [-0.15, -0.1) is 0 Å². The standard InChI is InChI=1S/C19H29ClN4S/c1-21-19(24-11-8-17(14-24)23-9-3-4-10-23)22-13-18(25-2)15-6-5-7-16(20)12-15/h5-7,12,17-18H,3-4,8-11,13-14H2,1-2H3,(H,21,22). The van der Waals surface area contributed by atoms with Crippen molar-refractivity contribution in [1.82, 2.24) is 15.1 Å².